The quantitative estimate of drug-likeness (QED) is 0.768. The topological polar surface area (TPSA) is 51.7 Å². The van der Waals surface area contributed by atoms with Gasteiger partial charge in [-0.1, -0.05) is 12.1 Å². The highest BCUT2D eigenvalue weighted by molar-refractivity contribution is 6.62. The molecule has 2 saturated heterocycles. The van der Waals surface area contributed by atoms with E-state index in [9.17, 15) is 4.79 Å². The Kier molecular flexibility index (Phi) is 4.59. The van der Waals surface area contributed by atoms with Crippen molar-refractivity contribution in [1.82, 2.24) is 4.98 Å². The van der Waals surface area contributed by atoms with Crippen LogP contribution in [-0.2, 0) is 14.1 Å². The Morgan fingerprint density at radius 1 is 1.04 bits per heavy atom. The molecule has 0 atom stereocenters. The molecule has 1 amide bonds. The van der Waals surface area contributed by atoms with Gasteiger partial charge in [0.15, 0.2) is 0 Å². The number of hydrogen-bond donors (Lipinski definition) is 0. The second kappa shape index (κ2) is 6.71. The fraction of sp³-hybridized carbons (Fsp3) is 0.455. The van der Waals surface area contributed by atoms with E-state index in [0.29, 0.717) is 6.42 Å². The monoisotopic (exact) mass is 378 g/mol. The van der Waals surface area contributed by atoms with Gasteiger partial charge < -0.3 is 14.2 Å². The first kappa shape index (κ1) is 19.2. The van der Waals surface area contributed by atoms with Crippen molar-refractivity contribution in [2.45, 2.75) is 58.7 Å². The summed E-state index contributed by atoms with van der Waals surface area (Å²) in [5, 5.41) is 0. The van der Waals surface area contributed by atoms with Crippen molar-refractivity contribution < 1.29 is 14.1 Å². The fourth-order valence-corrected chi connectivity index (χ4v) is 3.78. The molecule has 0 aliphatic carbocycles. The van der Waals surface area contributed by atoms with Crippen LogP contribution in [-0.4, -0.2) is 35.8 Å². The summed E-state index contributed by atoms with van der Waals surface area (Å²) in [4.78, 5) is 18.3. The number of carbonyl (C=O) groups is 1. The van der Waals surface area contributed by atoms with Gasteiger partial charge in [-0.3, -0.25) is 9.78 Å². The van der Waals surface area contributed by atoms with Crippen LogP contribution in [0.4, 0.5) is 5.69 Å². The van der Waals surface area contributed by atoms with E-state index in [0.717, 1.165) is 40.8 Å². The third-order valence-electron chi connectivity index (χ3n) is 6.32. The molecule has 0 bridgehead atoms. The molecular formula is C22H27BN2O3. The normalized spacial score (nSPS) is 20.8. The number of carbonyl (C=O) groups excluding carboxylic acids is 1. The highest BCUT2D eigenvalue weighted by Crippen LogP contribution is 2.37. The fourth-order valence-electron chi connectivity index (χ4n) is 3.78. The summed E-state index contributed by atoms with van der Waals surface area (Å²) >= 11 is 0. The molecule has 3 heterocycles. The van der Waals surface area contributed by atoms with Gasteiger partial charge in [-0.2, -0.15) is 0 Å². The first-order valence-electron chi connectivity index (χ1n) is 9.90. The van der Waals surface area contributed by atoms with Gasteiger partial charge in [0.1, 0.15) is 0 Å². The Hall–Kier alpha value is -2.18. The van der Waals surface area contributed by atoms with E-state index < -0.39 is 7.12 Å². The zero-order valence-electron chi connectivity index (χ0n) is 17.3. The van der Waals surface area contributed by atoms with Crippen LogP contribution in [0.3, 0.4) is 0 Å². The number of amides is 1. The summed E-state index contributed by atoms with van der Waals surface area (Å²) in [5.41, 5.74) is 4.35. The molecule has 0 spiro atoms. The maximum atomic E-state index is 12.0. The summed E-state index contributed by atoms with van der Waals surface area (Å²) in [6.07, 6.45) is 5.28. The lowest BCUT2D eigenvalue weighted by Crippen LogP contribution is -2.41. The Labute approximate surface area is 167 Å². The molecule has 1 aromatic heterocycles. The minimum absolute atomic E-state index is 0.202. The molecule has 28 heavy (non-hydrogen) atoms. The number of nitrogens with zero attached hydrogens (tertiary/aromatic N) is 2. The van der Waals surface area contributed by atoms with Crippen molar-refractivity contribution >= 4 is 24.2 Å². The maximum Gasteiger partial charge on any atom is 0.496 e. The molecule has 1 aromatic carbocycles. The number of aromatic nitrogens is 1. The van der Waals surface area contributed by atoms with E-state index in [2.05, 4.69) is 51.7 Å². The molecule has 0 radical (unpaired) electrons. The molecule has 4 rings (SSSR count). The largest absolute Gasteiger partial charge is 0.496 e. The lowest BCUT2D eigenvalue weighted by atomic mass is 9.76. The zero-order valence-corrected chi connectivity index (χ0v) is 17.3. The Morgan fingerprint density at radius 2 is 1.68 bits per heavy atom. The van der Waals surface area contributed by atoms with E-state index >= 15 is 0 Å². The number of hydrogen-bond acceptors (Lipinski definition) is 4. The zero-order chi connectivity index (χ0) is 20.1. The Bertz CT molecular complexity index is 892. The number of pyridine rings is 1. The molecule has 2 fully saturated rings. The van der Waals surface area contributed by atoms with Crippen molar-refractivity contribution in [3.05, 3.63) is 42.2 Å². The summed E-state index contributed by atoms with van der Waals surface area (Å²) in [6.45, 7) is 11.1. The van der Waals surface area contributed by atoms with Gasteiger partial charge in [-0.15, -0.1) is 0 Å². The smallest absolute Gasteiger partial charge is 0.399 e. The van der Waals surface area contributed by atoms with E-state index in [1.165, 1.54) is 0 Å². The third-order valence-corrected chi connectivity index (χ3v) is 6.32. The average Bonchev–Trinajstić information content (AvgIpc) is 3.15. The molecule has 2 aromatic rings. The Balaban J connectivity index is 1.63. The van der Waals surface area contributed by atoms with Gasteiger partial charge in [0.2, 0.25) is 5.91 Å². The second-order valence-corrected chi connectivity index (χ2v) is 8.69. The molecule has 146 valence electrons. The first-order chi connectivity index (χ1) is 13.2. The molecular weight excluding hydrogens is 351 g/mol. The highest BCUT2D eigenvalue weighted by Gasteiger charge is 2.52. The van der Waals surface area contributed by atoms with Gasteiger partial charge in [0.05, 0.1) is 11.2 Å². The van der Waals surface area contributed by atoms with Crippen LogP contribution in [0, 0.1) is 6.92 Å². The van der Waals surface area contributed by atoms with Crippen molar-refractivity contribution in [2.75, 3.05) is 11.4 Å². The van der Waals surface area contributed by atoms with Gasteiger partial charge in [-0.25, -0.2) is 0 Å². The van der Waals surface area contributed by atoms with Crippen molar-refractivity contribution in [2.24, 2.45) is 0 Å². The predicted molar refractivity (Wildman–Crippen MR) is 112 cm³/mol. The third kappa shape index (κ3) is 3.14. The summed E-state index contributed by atoms with van der Waals surface area (Å²) in [5.74, 6) is 0.202. The molecule has 2 aliphatic rings. The highest BCUT2D eigenvalue weighted by atomic mass is 16.7. The van der Waals surface area contributed by atoms with Gasteiger partial charge in [-0.05, 0) is 64.3 Å². The Morgan fingerprint density at radius 3 is 2.25 bits per heavy atom. The van der Waals surface area contributed by atoms with Crippen molar-refractivity contribution in [3.8, 4) is 11.1 Å². The average molecular weight is 378 g/mol. The molecule has 5 nitrogen and oxygen atoms in total. The van der Waals surface area contributed by atoms with Crippen LogP contribution in [0.2, 0.25) is 0 Å². The van der Waals surface area contributed by atoms with E-state index in [1.807, 2.05) is 29.4 Å². The first-order valence-corrected chi connectivity index (χ1v) is 9.90. The van der Waals surface area contributed by atoms with Crippen LogP contribution in [0.1, 0.15) is 46.1 Å². The van der Waals surface area contributed by atoms with Gasteiger partial charge >= 0.3 is 7.12 Å². The lowest BCUT2D eigenvalue weighted by molar-refractivity contribution is -0.117. The molecule has 0 saturated carbocycles. The molecule has 2 aliphatic heterocycles. The molecule has 6 heteroatoms. The lowest BCUT2D eigenvalue weighted by Gasteiger charge is -2.32. The minimum Gasteiger partial charge on any atom is -0.399 e. The van der Waals surface area contributed by atoms with Crippen LogP contribution >= 0.6 is 0 Å². The number of anilines is 1. The summed E-state index contributed by atoms with van der Waals surface area (Å²) in [6, 6.07) is 8.14. The van der Waals surface area contributed by atoms with Crippen LogP contribution in [0.5, 0.6) is 0 Å². The summed E-state index contributed by atoms with van der Waals surface area (Å²) in [7, 11) is -0.432. The van der Waals surface area contributed by atoms with E-state index in [4.69, 9.17) is 9.31 Å². The molecule has 0 unspecified atom stereocenters. The SMILES string of the molecule is Cc1c(B2OC(C)(C)C(C)(C)O2)cncc1-c1ccc(N2CCCC2=O)cc1. The minimum atomic E-state index is -0.432. The number of benzene rings is 1. The van der Waals surface area contributed by atoms with Gasteiger partial charge in [0, 0.05) is 42.1 Å². The van der Waals surface area contributed by atoms with E-state index in [1.54, 1.807) is 0 Å². The van der Waals surface area contributed by atoms with Crippen LogP contribution in [0.15, 0.2) is 36.7 Å². The van der Waals surface area contributed by atoms with Crippen LogP contribution < -0.4 is 10.4 Å². The second-order valence-electron chi connectivity index (χ2n) is 8.69. The molecule has 0 N–H and O–H groups in total. The van der Waals surface area contributed by atoms with E-state index in [-0.39, 0.29) is 17.1 Å². The van der Waals surface area contributed by atoms with Crippen molar-refractivity contribution in [3.63, 3.8) is 0 Å². The number of rotatable bonds is 3. The predicted octanol–water partition coefficient (Wildman–Crippen LogP) is 3.48. The summed E-state index contributed by atoms with van der Waals surface area (Å²) < 4.78 is 12.4. The standard InChI is InChI=1S/C22H27BN2O3/c1-15-18(16-8-10-17(11-9-16)25-12-6-7-20(25)26)13-24-14-19(15)23-27-21(2,3)22(4,5)28-23/h8-11,13-14H,6-7,12H2,1-5H3. The van der Waals surface area contributed by atoms with Crippen molar-refractivity contribution in [1.29, 1.82) is 0 Å². The van der Waals surface area contributed by atoms with Crippen LogP contribution in [0.25, 0.3) is 11.1 Å². The van der Waals surface area contributed by atoms with Gasteiger partial charge in [0.25, 0.3) is 0 Å². The maximum absolute atomic E-state index is 12.0.